The lowest BCUT2D eigenvalue weighted by molar-refractivity contribution is 0.290. The van der Waals surface area contributed by atoms with Crippen molar-refractivity contribution in [2.75, 3.05) is 0 Å². The Hall–Kier alpha value is -2.63. The van der Waals surface area contributed by atoms with E-state index in [1.165, 1.54) is 12.3 Å². The van der Waals surface area contributed by atoms with Gasteiger partial charge in [0.05, 0.1) is 0 Å². The van der Waals surface area contributed by atoms with Crippen molar-refractivity contribution in [1.29, 1.82) is 0 Å². The topological polar surface area (TPSA) is 80.7 Å². The molecule has 0 spiro atoms. The van der Waals surface area contributed by atoms with Gasteiger partial charge >= 0.3 is 0 Å². The molecule has 0 unspecified atom stereocenters. The molecular weight excluding hydrogens is 249 g/mol. The first kappa shape index (κ1) is 12.8. The number of hydrogen-bond donors (Lipinski definition) is 2. The average molecular weight is 261 g/mol. The lowest BCUT2D eigenvalue weighted by atomic mass is 10.2. The zero-order chi connectivity index (χ0) is 13.7. The number of halogens is 1. The van der Waals surface area contributed by atoms with Gasteiger partial charge in [-0.2, -0.15) is 0 Å². The smallest absolute Gasteiger partial charge is 0.188 e. The van der Waals surface area contributed by atoms with Gasteiger partial charge < -0.3 is 15.7 Å². The van der Waals surface area contributed by atoms with Crippen molar-refractivity contribution in [3.63, 3.8) is 0 Å². The Morgan fingerprint density at radius 1 is 1.37 bits per heavy atom. The van der Waals surface area contributed by atoms with E-state index < -0.39 is 5.82 Å². The van der Waals surface area contributed by atoms with Crippen molar-refractivity contribution in [2.45, 2.75) is 6.61 Å². The number of hydrogen-bond acceptors (Lipinski definition) is 4. The molecule has 0 atom stereocenters. The Bertz CT molecular complexity index is 602. The standard InChI is InChI=1S/C13H12FN3O2/c14-10-3-1-2-4-12(10)19-8-9-5-6-16-11(7-9)13(15)17-18/h1-7,18H,8H2,(H2,15,17). The Balaban J connectivity index is 2.10. The molecule has 6 heteroatoms. The molecule has 3 N–H and O–H groups in total. The van der Waals surface area contributed by atoms with Crippen molar-refractivity contribution in [3.8, 4) is 5.75 Å². The summed E-state index contributed by atoms with van der Waals surface area (Å²) in [4.78, 5) is 3.94. The van der Waals surface area contributed by atoms with E-state index in [4.69, 9.17) is 15.7 Å². The van der Waals surface area contributed by atoms with Crippen molar-refractivity contribution in [3.05, 3.63) is 59.7 Å². The van der Waals surface area contributed by atoms with E-state index in [0.717, 1.165) is 5.56 Å². The minimum absolute atomic E-state index is 0.0901. The summed E-state index contributed by atoms with van der Waals surface area (Å²) in [6.07, 6.45) is 1.51. The Kier molecular flexibility index (Phi) is 3.92. The molecule has 19 heavy (non-hydrogen) atoms. The summed E-state index contributed by atoms with van der Waals surface area (Å²) in [5.74, 6) is -0.342. The number of amidine groups is 1. The fourth-order valence-corrected chi connectivity index (χ4v) is 1.48. The van der Waals surface area contributed by atoms with E-state index >= 15 is 0 Å². The van der Waals surface area contributed by atoms with Crippen molar-refractivity contribution in [1.82, 2.24) is 4.98 Å². The number of para-hydroxylation sites is 1. The van der Waals surface area contributed by atoms with E-state index in [0.29, 0.717) is 5.69 Å². The number of rotatable bonds is 4. The van der Waals surface area contributed by atoms with E-state index in [1.807, 2.05) is 0 Å². The molecule has 0 saturated heterocycles. The van der Waals surface area contributed by atoms with Crippen LogP contribution in [0.2, 0.25) is 0 Å². The largest absolute Gasteiger partial charge is 0.486 e. The third kappa shape index (κ3) is 3.19. The van der Waals surface area contributed by atoms with Crippen LogP contribution in [0.25, 0.3) is 0 Å². The number of pyridine rings is 1. The second kappa shape index (κ2) is 5.81. The molecule has 0 aliphatic heterocycles. The first-order valence-corrected chi connectivity index (χ1v) is 5.51. The van der Waals surface area contributed by atoms with Gasteiger partial charge in [-0.05, 0) is 29.8 Å². The van der Waals surface area contributed by atoms with Crippen LogP contribution in [0.5, 0.6) is 5.75 Å². The second-order valence-electron chi connectivity index (χ2n) is 3.75. The fraction of sp³-hybridized carbons (Fsp3) is 0.0769. The number of aromatic nitrogens is 1. The average Bonchev–Trinajstić information content (AvgIpc) is 2.46. The summed E-state index contributed by atoms with van der Waals surface area (Å²) in [6, 6.07) is 9.45. The number of nitrogens with zero attached hydrogens (tertiary/aromatic N) is 2. The maximum absolute atomic E-state index is 13.3. The molecule has 0 amide bonds. The molecule has 1 aromatic heterocycles. The van der Waals surface area contributed by atoms with Gasteiger partial charge in [-0.15, -0.1) is 0 Å². The van der Waals surface area contributed by atoms with Crippen LogP contribution in [0.4, 0.5) is 4.39 Å². The highest BCUT2D eigenvalue weighted by atomic mass is 19.1. The summed E-state index contributed by atoms with van der Waals surface area (Å²) < 4.78 is 18.7. The summed E-state index contributed by atoms with van der Waals surface area (Å²) in [5, 5.41) is 11.4. The molecule has 98 valence electrons. The molecule has 2 aromatic rings. The van der Waals surface area contributed by atoms with Crippen molar-refractivity contribution in [2.24, 2.45) is 10.9 Å². The summed E-state index contributed by atoms with van der Waals surface area (Å²) in [6.45, 7) is 0.162. The highest BCUT2D eigenvalue weighted by Gasteiger charge is 2.05. The highest BCUT2D eigenvalue weighted by Crippen LogP contribution is 2.17. The molecule has 5 nitrogen and oxygen atoms in total. The molecule has 2 rings (SSSR count). The first-order valence-electron chi connectivity index (χ1n) is 5.51. The Morgan fingerprint density at radius 3 is 2.89 bits per heavy atom. The molecule has 0 fully saturated rings. The molecule has 0 aliphatic carbocycles. The lowest BCUT2D eigenvalue weighted by Crippen LogP contribution is -2.15. The number of ether oxygens (including phenoxy) is 1. The van der Waals surface area contributed by atoms with Gasteiger partial charge in [-0.1, -0.05) is 17.3 Å². The third-order valence-corrected chi connectivity index (χ3v) is 2.43. The zero-order valence-electron chi connectivity index (χ0n) is 9.95. The maximum Gasteiger partial charge on any atom is 0.188 e. The number of nitrogens with two attached hydrogens (primary N) is 1. The maximum atomic E-state index is 13.3. The SMILES string of the molecule is NC(=NO)c1cc(COc2ccccc2F)ccn1. The van der Waals surface area contributed by atoms with E-state index in [1.54, 1.807) is 30.3 Å². The van der Waals surface area contributed by atoms with Crippen LogP contribution in [-0.4, -0.2) is 16.0 Å². The minimum atomic E-state index is -0.423. The predicted molar refractivity (Wildman–Crippen MR) is 67.5 cm³/mol. The van der Waals surface area contributed by atoms with Crippen LogP contribution >= 0.6 is 0 Å². The van der Waals surface area contributed by atoms with Crippen LogP contribution in [0, 0.1) is 5.82 Å². The first-order chi connectivity index (χ1) is 9.20. The number of oxime groups is 1. The molecule has 1 heterocycles. The van der Waals surface area contributed by atoms with Crippen LogP contribution in [0.1, 0.15) is 11.3 Å². The summed E-state index contributed by atoms with van der Waals surface area (Å²) >= 11 is 0. The monoisotopic (exact) mass is 261 g/mol. The molecule has 0 radical (unpaired) electrons. The van der Waals surface area contributed by atoms with Gasteiger partial charge in [-0.3, -0.25) is 4.98 Å². The van der Waals surface area contributed by atoms with Crippen LogP contribution in [0.3, 0.4) is 0 Å². The second-order valence-corrected chi connectivity index (χ2v) is 3.75. The lowest BCUT2D eigenvalue weighted by Gasteiger charge is -2.07. The van der Waals surface area contributed by atoms with Crippen LogP contribution < -0.4 is 10.5 Å². The molecule has 0 saturated carbocycles. The highest BCUT2D eigenvalue weighted by molar-refractivity contribution is 5.95. The molecular formula is C13H12FN3O2. The Morgan fingerprint density at radius 2 is 2.16 bits per heavy atom. The van der Waals surface area contributed by atoms with Gasteiger partial charge in [0.2, 0.25) is 0 Å². The van der Waals surface area contributed by atoms with Gasteiger partial charge in [0, 0.05) is 6.20 Å². The summed E-state index contributed by atoms with van der Waals surface area (Å²) in [5.41, 5.74) is 6.50. The quantitative estimate of drug-likeness (QED) is 0.381. The third-order valence-electron chi connectivity index (χ3n) is 2.43. The normalized spacial score (nSPS) is 11.3. The van der Waals surface area contributed by atoms with E-state index in [2.05, 4.69) is 10.1 Å². The predicted octanol–water partition coefficient (Wildman–Crippen LogP) is 1.89. The Labute approximate surface area is 109 Å². The molecule has 0 bridgehead atoms. The van der Waals surface area contributed by atoms with E-state index in [9.17, 15) is 4.39 Å². The zero-order valence-corrected chi connectivity index (χ0v) is 9.95. The van der Waals surface area contributed by atoms with E-state index in [-0.39, 0.29) is 18.2 Å². The molecule has 1 aromatic carbocycles. The minimum Gasteiger partial charge on any atom is -0.486 e. The van der Waals surface area contributed by atoms with Crippen LogP contribution in [-0.2, 0) is 6.61 Å². The number of benzene rings is 1. The van der Waals surface area contributed by atoms with Gasteiger partial charge in [-0.25, -0.2) is 4.39 Å². The fourth-order valence-electron chi connectivity index (χ4n) is 1.48. The van der Waals surface area contributed by atoms with Crippen molar-refractivity contribution >= 4 is 5.84 Å². The molecule has 0 aliphatic rings. The van der Waals surface area contributed by atoms with Crippen molar-refractivity contribution < 1.29 is 14.3 Å². The summed E-state index contributed by atoms with van der Waals surface area (Å²) in [7, 11) is 0. The van der Waals surface area contributed by atoms with Gasteiger partial charge in [0.15, 0.2) is 17.4 Å². The van der Waals surface area contributed by atoms with Crippen LogP contribution in [0.15, 0.2) is 47.8 Å². The van der Waals surface area contributed by atoms with Gasteiger partial charge in [0.25, 0.3) is 0 Å². The van der Waals surface area contributed by atoms with Gasteiger partial charge in [0.1, 0.15) is 12.3 Å².